The minimum atomic E-state index is 0.887. The summed E-state index contributed by atoms with van der Waals surface area (Å²) < 4.78 is 1.84. The van der Waals surface area contributed by atoms with Gasteiger partial charge in [0.25, 0.3) is 0 Å². The van der Waals surface area contributed by atoms with E-state index in [9.17, 15) is 0 Å². The molecule has 0 bridgehead atoms. The number of pyridine rings is 1. The average molecular weight is 228 g/mol. The van der Waals surface area contributed by atoms with Crippen LogP contribution in [0.4, 0.5) is 0 Å². The van der Waals surface area contributed by atoms with E-state index < -0.39 is 0 Å². The van der Waals surface area contributed by atoms with Gasteiger partial charge < -0.3 is 4.90 Å². The normalized spacial score (nSPS) is 10.9. The van der Waals surface area contributed by atoms with Crippen LogP contribution in [-0.4, -0.2) is 33.8 Å². The quantitative estimate of drug-likeness (QED) is 0.801. The van der Waals surface area contributed by atoms with Crippen molar-refractivity contribution in [3.8, 4) is 5.69 Å². The number of allylic oxidation sites excluding steroid dienone is 1. The molecule has 2 rings (SSSR count). The van der Waals surface area contributed by atoms with Crippen LogP contribution in [0.25, 0.3) is 5.69 Å². The Hall–Kier alpha value is -2.10. The zero-order chi connectivity index (χ0) is 12.1. The van der Waals surface area contributed by atoms with Crippen molar-refractivity contribution in [3.05, 3.63) is 54.8 Å². The lowest BCUT2D eigenvalue weighted by Crippen LogP contribution is -2.00. The van der Waals surface area contributed by atoms with E-state index in [0.29, 0.717) is 0 Å². The van der Waals surface area contributed by atoms with Gasteiger partial charge in [0.05, 0.1) is 18.1 Å². The molecule has 2 heterocycles. The molecular weight excluding hydrogens is 212 g/mol. The molecular formula is C13H16N4. The lowest BCUT2D eigenvalue weighted by atomic mass is 10.2. The first kappa shape index (κ1) is 11.4. The van der Waals surface area contributed by atoms with Gasteiger partial charge in [0.1, 0.15) is 0 Å². The molecule has 17 heavy (non-hydrogen) atoms. The highest BCUT2D eigenvalue weighted by Crippen LogP contribution is 2.07. The number of rotatable bonds is 4. The highest BCUT2D eigenvalue weighted by atomic mass is 15.3. The van der Waals surface area contributed by atoms with Crippen molar-refractivity contribution in [2.24, 2.45) is 0 Å². The summed E-state index contributed by atoms with van der Waals surface area (Å²) in [5.74, 6) is 0. The van der Waals surface area contributed by atoms with Crippen molar-refractivity contribution >= 4 is 0 Å². The van der Waals surface area contributed by atoms with Gasteiger partial charge in [0.15, 0.2) is 0 Å². The summed E-state index contributed by atoms with van der Waals surface area (Å²) in [6.07, 6.45) is 12.5. The van der Waals surface area contributed by atoms with E-state index in [2.05, 4.69) is 16.2 Å². The van der Waals surface area contributed by atoms with Gasteiger partial charge in [0.2, 0.25) is 0 Å². The van der Waals surface area contributed by atoms with Crippen molar-refractivity contribution in [2.45, 2.75) is 6.42 Å². The first-order valence-corrected chi connectivity index (χ1v) is 5.53. The van der Waals surface area contributed by atoms with Gasteiger partial charge >= 0.3 is 0 Å². The molecule has 0 unspecified atom stereocenters. The Labute approximate surface area is 101 Å². The van der Waals surface area contributed by atoms with Crippen molar-refractivity contribution < 1.29 is 0 Å². The second kappa shape index (κ2) is 5.30. The van der Waals surface area contributed by atoms with Crippen molar-refractivity contribution in [2.75, 3.05) is 14.1 Å². The van der Waals surface area contributed by atoms with E-state index >= 15 is 0 Å². The van der Waals surface area contributed by atoms with Crippen LogP contribution < -0.4 is 0 Å². The van der Waals surface area contributed by atoms with Crippen LogP contribution in [0, 0.1) is 0 Å². The lowest BCUT2D eigenvalue weighted by molar-refractivity contribution is 0.562. The highest BCUT2D eigenvalue weighted by Gasteiger charge is 1.99. The predicted octanol–water partition coefficient (Wildman–Crippen LogP) is 1.89. The van der Waals surface area contributed by atoms with Gasteiger partial charge in [-0.15, -0.1) is 0 Å². The molecule has 0 fully saturated rings. The van der Waals surface area contributed by atoms with E-state index in [1.165, 1.54) is 5.56 Å². The summed E-state index contributed by atoms with van der Waals surface area (Å²) in [4.78, 5) is 6.09. The maximum absolute atomic E-state index is 4.31. The third-order valence-electron chi connectivity index (χ3n) is 2.30. The summed E-state index contributed by atoms with van der Waals surface area (Å²) in [5, 5.41) is 4.31. The maximum Gasteiger partial charge on any atom is 0.0828 e. The van der Waals surface area contributed by atoms with E-state index in [-0.39, 0.29) is 0 Å². The lowest BCUT2D eigenvalue weighted by Gasteiger charge is -2.02. The van der Waals surface area contributed by atoms with Crippen molar-refractivity contribution in [1.82, 2.24) is 19.7 Å². The molecule has 0 N–H and O–H groups in total. The van der Waals surface area contributed by atoms with E-state index in [4.69, 9.17) is 0 Å². The molecule has 4 heteroatoms. The molecule has 0 radical (unpaired) electrons. The van der Waals surface area contributed by atoms with Gasteiger partial charge in [0, 0.05) is 26.5 Å². The first-order chi connectivity index (χ1) is 8.25. The van der Waals surface area contributed by atoms with E-state index in [0.717, 1.165) is 12.1 Å². The Kier molecular flexibility index (Phi) is 3.55. The van der Waals surface area contributed by atoms with Crippen LogP contribution in [0.1, 0.15) is 5.56 Å². The van der Waals surface area contributed by atoms with Gasteiger partial charge in [-0.05, 0) is 30.3 Å². The highest BCUT2D eigenvalue weighted by molar-refractivity contribution is 5.27. The predicted molar refractivity (Wildman–Crippen MR) is 67.9 cm³/mol. The summed E-state index contributed by atoms with van der Waals surface area (Å²) in [6.45, 7) is 0. The first-order valence-electron chi connectivity index (χ1n) is 5.53. The monoisotopic (exact) mass is 228 g/mol. The molecule has 4 nitrogen and oxygen atoms in total. The molecule has 88 valence electrons. The fourth-order valence-electron chi connectivity index (χ4n) is 1.50. The molecule has 0 aliphatic rings. The SMILES string of the molecule is CN(C)C=CCc1cnn(-c2cccnc2)c1. The summed E-state index contributed by atoms with van der Waals surface area (Å²) in [7, 11) is 4.02. The standard InChI is InChI=1S/C13H16N4/c1-16(2)8-4-5-12-9-15-17(11-12)13-6-3-7-14-10-13/h3-4,6-11H,5H2,1-2H3. The van der Waals surface area contributed by atoms with Gasteiger partial charge in [-0.2, -0.15) is 5.10 Å². The molecule has 2 aromatic rings. The fourth-order valence-corrected chi connectivity index (χ4v) is 1.50. The minimum Gasteiger partial charge on any atom is -0.384 e. The topological polar surface area (TPSA) is 34.0 Å². The Morgan fingerprint density at radius 3 is 2.94 bits per heavy atom. The molecule has 0 aliphatic carbocycles. The third-order valence-corrected chi connectivity index (χ3v) is 2.30. The molecule has 0 amide bonds. The molecule has 2 aromatic heterocycles. The fraction of sp³-hybridized carbons (Fsp3) is 0.231. The zero-order valence-corrected chi connectivity index (χ0v) is 10.1. The smallest absolute Gasteiger partial charge is 0.0828 e. The molecule has 0 saturated carbocycles. The molecule has 0 aromatic carbocycles. The van der Waals surface area contributed by atoms with Crippen LogP contribution in [0.15, 0.2) is 49.2 Å². The van der Waals surface area contributed by atoms with Crippen molar-refractivity contribution in [1.29, 1.82) is 0 Å². The van der Waals surface area contributed by atoms with Crippen LogP contribution in [0.2, 0.25) is 0 Å². The summed E-state index contributed by atoms with van der Waals surface area (Å²) in [5.41, 5.74) is 2.17. The third kappa shape index (κ3) is 3.17. The second-order valence-corrected chi connectivity index (χ2v) is 4.06. The zero-order valence-electron chi connectivity index (χ0n) is 10.1. The molecule has 0 aliphatic heterocycles. The summed E-state index contributed by atoms with van der Waals surface area (Å²) in [6, 6.07) is 3.89. The molecule has 0 atom stereocenters. The van der Waals surface area contributed by atoms with Gasteiger partial charge in [-0.3, -0.25) is 4.98 Å². The van der Waals surface area contributed by atoms with E-state index in [1.807, 2.05) is 54.4 Å². The molecule has 0 saturated heterocycles. The van der Waals surface area contributed by atoms with Crippen LogP contribution in [-0.2, 0) is 6.42 Å². The second-order valence-electron chi connectivity index (χ2n) is 4.06. The minimum absolute atomic E-state index is 0.887. The van der Waals surface area contributed by atoms with Gasteiger partial charge in [-0.25, -0.2) is 4.68 Å². The van der Waals surface area contributed by atoms with Crippen LogP contribution in [0.5, 0.6) is 0 Å². The number of aromatic nitrogens is 3. The Morgan fingerprint density at radius 1 is 1.35 bits per heavy atom. The maximum atomic E-state index is 4.31. The Bertz CT molecular complexity index is 485. The van der Waals surface area contributed by atoms with E-state index in [1.54, 1.807) is 12.4 Å². The number of nitrogens with zero attached hydrogens (tertiary/aromatic N) is 4. The van der Waals surface area contributed by atoms with Crippen molar-refractivity contribution in [3.63, 3.8) is 0 Å². The Morgan fingerprint density at radius 2 is 2.24 bits per heavy atom. The van der Waals surface area contributed by atoms with Crippen LogP contribution >= 0.6 is 0 Å². The largest absolute Gasteiger partial charge is 0.384 e. The average Bonchev–Trinajstić information content (AvgIpc) is 2.78. The van der Waals surface area contributed by atoms with Crippen LogP contribution in [0.3, 0.4) is 0 Å². The Balaban J connectivity index is 2.06. The number of hydrogen-bond donors (Lipinski definition) is 0. The number of hydrogen-bond acceptors (Lipinski definition) is 3. The van der Waals surface area contributed by atoms with Gasteiger partial charge in [-0.1, -0.05) is 6.08 Å². The summed E-state index contributed by atoms with van der Waals surface area (Å²) >= 11 is 0. The molecule has 0 spiro atoms.